The van der Waals surface area contributed by atoms with Crippen LogP contribution in [-0.2, 0) is 14.1 Å². The minimum Gasteiger partial charge on any atom is -0.465 e. The number of hydrogen-bond donors (Lipinski definition) is 0. The van der Waals surface area contributed by atoms with Crippen LogP contribution in [0.15, 0.2) is 0 Å². The first-order valence-electron chi connectivity index (χ1n) is 3.05. The predicted molar refractivity (Wildman–Crippen MR) is 45.4 cm³/mol. The SMILES string of the molecule is CCOC(=O)C(C)P(=O)(Cl)Cl. The van der Waals surface area contributed by atoms with Gasteiger partial charge >= 0.3 is 5.97 Å². The number of carbonyl (C=O) groups excluding carboxylic acids is 1. The lowest BCUT2D eigenvalue weighted by Crippen LogP contribution is -2.17. The van der Waals surface area contributed by atoms with Crippen molar-refractivity contribution in [1.29, 1.82) is 0 Å². The van der Waals surface area contributed by atoms with Gasteiger partial charge in [-0.3, -0.25) is 9.36 Å². The van der Waals surface area contributed by atoms with Crippen molar-refractivity contribution < 1.29 is 14.1 Å². The third-order valence-corrected chi connectivity index (χ3v) is 3.95. The van der Waals surface area contributed by atoms with Crippen LogP contribution in [0.1, 0.15) is 13.8 Å². The maximum absolute atomic E-state index is 10.9. The number of hydrogen-bond acceptors (Lipinski definition) is 3. The summed E-state index contributed by atoms with van der Waals surface area (Å²) >= 11 is 10.5. The van der Waals surface area contributed by atoms with Gasteiger partial charge in [-0.25, -0.2) is 0 Å². The number of esters is 1. The first kappa shape index (κ1) is 11.3. The van der Waals surface area contributed by atoms with Crippen LogP contribution < -0.4 is 0 Å². The smallest absolute Gasteiger partial charge is 0.318 e. The van der Waals surface area contributed by atoms with Gasteiger partial charge in [0.15, 0.2) is 0 Å². The summed E-state index contributed by atoms with van der Waals surface area (Å²) in [6.45, 7) is 3.26. The van der Waals surface area contributed by atoms with Gasteiger partial charge in [-0.15, -0.1) is 0 Å². The Hall–Kier alpha value is 0.280. The second kappa shape index (κ2) is 4.34. The van der Waals surface area contributed by atoms with E-state index in [1.165, 1.54) is 6.92 Å². The van der Waals surface area contributed by atoms with Gasteiger partial charge < -0.3 is 4.74 Å². The molecule has 0 aliphatic carbocycles. The Bertz CT molecular complexity index is 188. The zero-order valence-electron chi connectivity index (χ0n) is 6.21. The molecule has 0 radical (unpaired) electrons. The van der Waals surface area contributed by atoms with Crippen molar-refractivity contribution in [2.24, 2.45) is 0 Å². The second-order valence-electron chi connectivity index (χ2n) is 1.93. The van der Waals surface area contributed by atoms with Crippen LogP contribution in [0.25, 0.3) is 0 Å². The van der Waals surface area contributed by atoms with Gasteiger partial charge in [0.2, 0.25) is 0 Å². The molecule has 0 saturated carbocycles. The molecule has 3 nitrogen and oxygen atoms in total. The van der Waals surface area contributed by atoms with Crippen molar-refractivity contribution >= 4 is 34.3 Å². The zero-order valence-corrected chi connectivity index (χ0v) is 8.62. The van der Waals surface area contributed by atoms with E-state index in [1.54, 1.807) is 6.92 Å². The van der Waals surface area contributed by atoms with E-state index in [9.17, 15) is 9.36 Å². The Kier molecular flexibility index (Phi) is 4.45. The highest BCUT2D eigenvalue weighted by atomic mass is 35.9. The third kappa shape index (κ3) is 4.00. The molecule has 1 atom stereocenters. The molecule has 0 aliphatic rings. The number of carbonyl (C=O) groups is 1. The van der Waals surface area contributed by atoms with Gasteiger partial charge in [0.25, 0.3) is 5.85 Å². The fourth-order valence-corrected chi connectivity index (χ4v) is 1.18. The lowest BCUT2D eigenvalue weighted by Gasteiger charge is -2.09. The van der Waals surface area contributed by atoms with Crippen LogP contribution in [0.5, 0.6) is 0 Å². The first-order chi connectivity index (χ1) is 4.89. The van der Waals surface area contributed by atoms with Crippen molar-refractivity contribution in [3.05, 3.63) is 0 Å². The molecule has 0 N–H and O–H groups in total. The molecule has 0 amide bonds. The lowest BCUT2D eigenvalue weighted by molar-refractivity contribution is -0.142. The Balaban J connectivity index is 4.14. The summed E-state index contributed by atoms with van der Waals surface area (Å²) in [5.41, 5.74) is -0.939. The molecule has 0 aromatic rings. The summed E-state index contributed by atoms with van der Waals surface area (Å²) in [5.74, 6) is -4.00. The van der Waals surface area contributed by atoms with Gasteiger partial charge in [-0.1, -0.05) is 0 Å². The molecule has 0 fully saturated rings. The molecule has 0 rings (SSSR count). The highest BCUT2D eigenvalue weighted by molar-refractivity contribution is 8.09. The van der Waals surface area contributed by atoms with E-state index in [1.807, 2.05) is 0 Å². The van der Waals surface area contributed by atoms with Crippen LogP contribution in [0.4, 0.5) is 0 Å². The Morgan fingerprint density at radius 3 is 2.36 bits per heavy atom. The molecule has 0 heterocycles. The molecule has 1 unspecified atom stereocenters. The molecular formula is C5H9Cl2O3P. The van der Waals surface area contributed by atoms with Crippen LogP contribution in [0.2, 0.25) is 0 Å². The molecular weight excluding hydrogens is 210 g/mol. The van der Waals surface area contributed by atoms with Crippen molar-refractivity contribution in [3.8, 4) is 0 Å². The summed E-state index contributed by atoms with van der Waals surface area (Å²) in [7, 11) is 0. The summed E-state index contributed by atoms with van der Waals surface area (Å²) in [4.78, 5) is 10.8. The zero-order chi connectivity index (χ0) is 9.07. The molecule has 6 heteroatoms. The van der Waals surface area contributed by atoms with Gasteiger partial charge in [0.05, 0.1) is 6.61 Å². The number of halogens is 2. The third-order valence-electron chi connectivity index (χ3n) is 1.08. The maximum atomic E-state index is 10.9. The van der Waals surface area contributed by atoms with Gasteiger partial charge in [-0.05, 0) is 36.3 Å². The number of rotatable bonds is 3. The highest BCUT2D eigenvalue weighted by Crippen LogP contribution is 2.60. The summed E-state index contributed by atoms with van der Waals surface area (Å²) in [6.07, 6.45) is 0. The molecule has 11 heavy (non-hydrogen) atoms. The standard InChI is InChI=1S/C5H9Cl2O3P/c1-3-10-5(8)4(2)11(6,7)9/h4H,3H2,1-2H3. The molecule has 0 spiro atoms. The van der Waals surface area contributed by atoms with Gasteiger partial charge in [0, 0.05) is 0 Å². The summed E-state index contributed by atoms with van der Waals surface area (Å²) in [5, 5.41) is 0. The molecule has 0 bridgehead atoms. The quantitative estimate of drug-likeness (QED) is 0.541. The monoisotopic (exact) mass is 218 g/mol. The van der Waals surface area contributed by atoms with Crippen molar-refractivity contribution in [3.63, 3.8) is 0 Å². The molecule has 0 aromatic heterocycles. The van der Waals surface area contributed by atoms with E-state index in [4.69, 9.17) is 22.5 Å². The largest absolute Gasteiger partial charge is 0.465 e. The van der Waals surface area contributed by atoms with E-state index < -0.39 is 17.5 Å². The Labute approximate surface area is 75.0 Å². The van der Waals surface area contributed by atoms with E-state index in [2.05, 4.69) is 4.74 Å². The highest BCUT2D eigenvalue weighted by Gasteiger charge is 2.31. The molecule has 0 aromatic carbocycles. The fourth-order valence-electron chi connectivity index (χ4n) is 0.386. The van der Waals surface area contributed by atoms with Gasteiger partial charge in [0.1, 0.15) is 5.66 Å². The van der Waals surface area contributed by atoms with Crippen LogP contribution in [-0.4, -0.2) is 18.2 Å². The van der Waals surface area contributed by atoms with Gasteiger partial charge in [-0.2, -0.15) is 0 Å². The van der Waals surface area contributed by atoms with E-state index in [0.29, 0.717) is 0 Å². The second-order valence-corrected chi connectivity index (χ2v) is 7.24. The average molecular weight is 219 g/mol. The minimum atomic E-state index is -3.37. The summed E-state index contributed by atoms with van der Waals surface area (Å²) in [6, 6.07) is 0. The van der Waals surface area contributed by atoms with E-state index in [0.717, 1.165) is 0 Å². The van der Waals surface area contributed by atoms with Crippen molar-refractivity contribution in [1.82, 2.24) is 0 Å². The lowest BCUT2D eigenvalue weighted by atomic mass is 10.5. The van der Waals surface area contributed by atoms with Crippen LogP contribution >= 0.6 is 28.3 Å². The molecule has 0 aliphatic heterocycles. The first-order valence-corrected chi connectivity index (χ1v) is 6.63. The van der Waals surface area contributed by atoms with Crippen molar-refractivity contribution in [2.45, 2.75) is 19.5 Å². The Morgan fingerprint density at radius 2 is 2.09 bits per heavy atom. The molecule has 66 valence electrons. The predicted octanol–water partition coefficient (Wildman–Crippen LogP) is 2.61. The van der Waals surface area contributed by atoms with Crippen LogP contribution in [0, 0.1) is 0 Å². The maximum Gasteiger partial charge on any atom is 0.318 e. The summed E-state index contributed by atoms with van der Waals surface area (Å²) < 4.78 is 15.4. The van der Waals surface area contributed by atoms with Crippen molar-refractivity contribution in [2.75, 3.05) is 6.61 Å². The van der Waals surface area contributed by atoms with E-state index in [-0.39, 0.29) is 6.61 Å². The van der Waals surface area contributed by atoms with E-state index >= 15 is 0 Å². The topological polar surface area (TPSA) is 43.4 Å². The molecule has 0 saturated heterocycles. The Morgan fingerprint density at radius 1 is 1.64 bits per heavy atom. The number of ether oxygens (including phenoxy) is 1. The fraction of sp³-hybridized carbons (Fsp3) is 0.800. The normalized spacial score (nSPS) is 14.2. The minimum absolute atomic E-state index is 0.233. The average Bonchev–Trinajstić information content (AvgIpc) is 1.85. The van der Waals surface area contributed by atoms with Crippen LogP contribution in [0.3, 0.4) is 0 Å².